The van der Waals surface area contributed by atoms with E-state index in [1.54, 1.807) is 0 Å². The number of aryl methyl sites for hydroxylation is 1. The van der Waals surface area contributed by atoms with Crippen LogP contribution < -0.4 is 0 Å². The minimum atomic E-state index is -2.98. The minimum absolute atomic E-state index is 0.138. The van der Waals surface area contributed by atoms with E-state index >= 15 is 0 Å². The van der Waals surface area contributed by atoms with Crippen molar-refractivity contribution in [1.82, 2.24) is 9.55 Å². The molecular formula is C19H20N2O2S2. The van der Waals surface area contributed by atoms with E-state index in [1.807, 2.05) is 36.5 Å². The zero-order valence-corrected chi connectivity index (χ0v) is 15.8. The fourth-order valence-corrected chi connectivity index (χ4v) is 4.66. The fraction of sp³-hybridized carbons (Fsp3) is 0.211. The van der Waals surface area contributed by atoms with Gasteiger partial charge in [0.05, 0.1) is 17.6 Å². The second-order valence-electron chi connectivity index (χ2n) is 5.94. The summed E-state index contributed by atoms with van der Waals surface area (Å²) in [5, 5.41) is 0.798. The SMILES string of the molecule is Cc1ccc(-n2c(-c3ccccc3)cnc2SCCS(C)(=O)=O)cc1. The maximum Gasteiger partial charge on any atom is 0.173 e. The molecule has 0 bridgehead atoms. The molecule has 3 aromatic rings. The van der Waals surface area contributed by atoms with Crippen LogP contribution in [0.1, 0.15) is 5.56 Å². The summed E-state index contributed by atoms with van der Waals surface area (Å²) in [5.41, 5.74) is 4.28. The van der Waals surface area contributed by atoms with Crippen LogP contribution in [0.5, 0.6) is 0 Å². The van der Waals surface area contributed by atoms with Crippen molar-refractivity contribution in [3.8, 4) is 16.9 Å². The summed E-state index contributed by atoms with van der Waals surface area (Å²) in [6.07, 6.45) is 3.10. The summed E-state index contributed by atoms with van der Waals surface area (Å²) in [4.78, 5) is 4.54. The van der Waals surface area contributed by atoms with Crippen LogP contribution in [0, 0.1) is 6.92 Å². The average Bonchev–Trinajstić information content (AvgIpc) is 2.99. The number of imidazole rings is 1. The number of nitrogens with zero attached hydrogens (tertiary/aromatic N) is 2. The van der Waals surface area contributed by atoms with Crippen molar-refractivity contribution in [2.45, 2.75) is 12.1 Å². The molecule has 25 heavy (non-hydrogen) atoms. The highest BCUT2D eigenvalue weighted by molar-refractivity contribution is 8.00. The first kappa shape index (κ1) is 17.8. The number of rotatable bonds is 6. The van der Waals surface area contributed by atoms with Crippen molar-refractivity contribution in [1.29, 1.82) is 0 Å². The lowest BCUT2D eigenvalue weighted by Gasteiger charge is -2.12. The van der Waals surface area contributed by atoms with Gasteiger partial charge in [-0.2, -0.15) is 0 Å². The smallest absolute Gasteiger partial charge is 0.173 e. The number of benzene rings is 2. The van der Waals surface area contributed by atoms with Gasteiger partial charge in [0, 0.05) is 23.3 Å². The quantitative estimate of drug-likeness (QED) is 0.614. The predicted molar refractivity (Wildman–Crippen MR) is 104 cm³/mol. The third kappa shape index (κ3) is 4.52. The molecule has 0 saturated heterocycles. The van der Waals surface area contributed by atoms with Crippen LogP contribution >= 0.6 is 11.8 Å². The van der Waals surface area contributed by atoms with Gasteiger partial charge in [-0.1, -0.05) is 59.8 Å². The summed E-state index contributed by atoms with van der Waals surface area (Å²) >= 11 is 1.46. The van der Waals surface area contributed by atoms with Gasteiger partial charge in [-0.25, -0.2) is 13.4 Å². The van der Waals surface area contributed by atoms with Crippen LogP contribution in [0.25, 0.3) is 16.9 Å². The summed E-state index contributed by atoms with van der Waals surface area (Å²) in [6.45, 7) is 2.05. The Morgan fingerprint density at radius 2 is 1.72 bits per heavy atom. The lowest BCUT2D eigenvalue weighted by molar-refractivity contribution is 0.603. The van der Waals surface area contributed by atoms with Crippen LogP contribution in [0.3, 0.4) is 0 Å². The maximum atomic E-state index is 11.4. The molecule has 0 saturated carbocycles. The van der Waals surface area contributed by atoms with E-state index in [0.717, 1.165) is 22.1 Å². The Morgan fingerprint density at radius 3 is 2.36 bits per heavy atom. The van der Waals surface area contributed by atoms with Gasteiger partial charge >= 0.3 is 0 Å². The van der Waals surface area contributed by atoms with Gasteiger partial charge in [0.1, 0.15) is 9.84 Å². The Morgan fingerprint density at radius 1 is 1.04 bits per heavy atom. The average molecular weight is 373 g/mol. The summed E-state index contributed by atoms with van der Waals surface area (Å²) in [6, 6.07) is 18.3. The molecule has 1 aromatic heterocycles. The van der Waals surface area contributed by atoms with Gasteiger partial charge in [0.25, 0.3) is 0 Å². The Balaban J connectivity index is 2.01. The van der Waals surface area contributed by atoms with Gasteiger partial charge in [-0.15, -0.1) is 0 Å². The second-order valence-corrected chi connectivity index (χ2v) is 9.26. The van der Waals surface area contributed by atoms with Crippen molar-refractivity contribution >= 4 is 21.6 Å². The molecule has 0 aliphatic heterocycles. The lowest BCUT2D eigenvalue weighted by atomic mass is 10.1. The molecule has 0 aliphatic carbocycles. The second kappa shape index (κ2) is 7.45. The third-order valence-corrected chi connectivity index (χ3v) is 5.94. The van der Waals surface area contributed by atoms with Gasteiger partial charge in [-0.3, -0.25) is 4.57 Å². The molecule has 0 spiro atoms. The van der Waals surface area contributed by atoms with Gasteiger partial charge in [-0.05, 0) is 19.1 Å². The largest absolute Gasteiger partial charge is 0.287 e. The van der Waals surface area contributed by atoms with Crippen molar-refractivity contribution in [3.63, 3.8) is 0 Å². The molecule has 2 aromatic carbocycles. The van der Waals surface area contributed by atoms with Crippen LogP contribution in [-0.4, -0.2) is 35.7 Å². The molecule has 0 aliphatic rings. The summed E-state index contributed by atoms with van der Waals surface area (Å²) in [5.74, 6) is 0.620. The Bertz CT molecular complexity index is 947. The van der Waals surface area contributed by atoms with Crippen LogP contribution in [0.4, 0.5) is 0 Å². The van der Waals surface area contributed by atoms with Gasteiger partial charge in [0.2, 0.25) is 0 Å². The molecular weight excluding hydrogens is 352 g/mol. The minimum Gasteiger partial charge on any atom is -0.287 e. The topological polar surface area (TPSA) is 52.0 Å². The summed E-state index contributed by atoms with van der Waals surface area (Å²) in [7, 11) is -2.98. The molecule has 6 heteroatoms. The normalized spacial score (nSPS) is 11.6. The molecule has 0 atom stereocenters. The fourth-order valence-electron chi connectivity index (χ4n) is 2.48. The molecule has 130 valence electrons. The van der Waals surface area contributed by atoms with E-state index in [9.17, 15) is 8.42 Å². The number of hydrogen-bond donors (Lipinski definition) is 0. The highest BCUT2D eigenvalue weighted by Gasteiger charge is 2.14. The highest BCUT2D eigenvalue weighted by Crippen LogP contribution is 2.30. The van der Waals surface area contributed by atoms with Gasteiger partial charge in [0.15, 0.2) is 5.16 Å². The molecule has 0 fully saturated rings. The van der Waals surface area contributed by atoms with Crippen LogP contribution in [0.2, 0.25) is 0 Å². The molecule has 0 N–H and O–H groups in total. The predicted octanol–water partition coefficient (Wildman–Crippen LogP) is 3.98. The van der Waals surface area contributed by atoms with Crippen molar-refractivity contribution in [3.05, 3.63) is 66.4 Å². The third-order valence-electron chi connectivity index (χ3n) is 3.78. The molecule has 0 amide bonds. The molecule has 0 unspecified atom stereocenters. The number of aromatic nitrogens is 2. The first-order valence-corrected chi connectivity index (χ1v) is 11.0. The Labute approximate surface area is 152 Å². The van der Waals surface area contributed by atoms with E-state index < -0.39 is 9.84 Å². The highest BCUT2D eigenvalue weighted by atomic mass is 32.2. The first-order valence-electron chi connectivity index (χ1n) is 7.95. The molecule has 4 nitrogen and oxygen atoms in total. The van der Waals surface area contributed by atoms with Crippen LogP contribution in [0.15, 0.2) is 66.0 Å². The van der Waals surface area contributed by atoms with E-state index in [4.69, 9.17) is 0 Å². The van der Waals surface area contributed by atoms with Crippen LogP contribution in [-0.2, 0) is 9.84 Å². The Hall–Kier alpha value is -2.05. The maximum absolute atomic E-state index is 11.4. The first-order chi connectivity index (χ1) is 11.9. The number of thioether (sulfide) groups is 1. The van der Waals surface area contributed by atoms with Crippen molar-refractivity contribution in [2.24, 2.45) is 0 Å². The molecule has 3 rings (SSSR count). The molecule has 0 radical (unpaired) electrons. The zero-order chi connectivity index (χ0) is 17.9. The van der Waals surface area contributed by atoms with E-state index in [-0.39, 0.29) is 5.75 Å². The molecule has 1 heterocycles. The summed E-state index contributed by atoms with van der Waals surface area (Å²) < 4.78 is 24.9. The monoisotopic (exact) mass is 372 g/mol. The van der Waals surface area contributed by atoms with Crippen molar-refractivity contribution < 1.29 is 8.42 Å². The standard InChI is InChI=1S/C19H20N2O2S2/c1-15-8-10-17(11-9-15)21-18(16-6-4-3-5-7-16)14-20-19(21)24-12-13-25(2,22)23/h3-11,14H,12-13H2,1-2H3. The van der Waals surface area contributed by atoms with Crippen molar-refractivity contribution in [2.75, 3.05) is 17.8 Å². The number of hydrogen-bond acceptors (Lipinski definition) is 4. The van der Waals surface area contributed by atoms with E-state index in [0.29, 0.717) is 5.75 Å². The van der Waals surface area contributed by atoms with Gasteiger partial charge < -0.3 is 0 Å². The zero-order valence-electron chi connectivity index (χ0n) is 14.2. The van der Waals surface area contributed by atoms with E-state index in [2.05, 4.69) is 40.7 Å². The number of sulfone groups is 1. The van der Waals surface area contributed by atoms with E-state index in [1.165, 1.54) is 23.6 Å². The Kier molecular flexibility index (Phi) is 5.30. The lowest BCUT2D eigenvalue weighted by Crippen LogP contribution is -2.06.